The molecule has 0 saturated carbocycles. The molecule has 0 radical (unpaired) electrons. The second kappa shape index (κ2) is 39.9. The summed E-state index contributed by atoms with van der Waals surface area (Å²) < 4.78 is 0. The van der Waals surface area contributed by atoms with E-state index in [-0.39, 0.29) is 5.48 Å². The molecule has 1 nitrogen and oxygen atoms in total. The van der Waals surface area contributed by atoms with Crippen LogP contribution in [0.25, 0.3) is 0 Å². The van der Waals surface area contributed by atoms with Crippen LogP contribution in [0.1, 0.15) is 0 Å². The Bertz CT molecular complexity index is 7.61. The van der Waals surface area contributed by atoms with Crippen molar-refractivity contribution in [3.05, 3.63) is 0 Å². The molecule has 0 bridgehead atoms. The zero-order valence-corrected chi connectivity index (χ0v) is 6.51. The van der Waals surface area contributed by atoms with Gasteiger partial charge in [0.25, 0.3) is 0 Å². The molecule has 0 rings (SSSR count). The Hall–Kier alpha value is 1.86. The molecular formula is H2Cl2OPd2. The van der Waals surface area contributed by atoms with E-state index in [1.165, 1.54) is 0 Å². The van der Waals surface area contributed by atoms with Crippen LogP contribution in [0.3, 0.4) is 0 Å². The van der Waals surface area contributed by atoms with E-state index in [4.69, 9.17) is 0 Å². The van der Waals surface area contributed by atoms with E-state index < -0.39 is 0 Å². The van der Waals surface area contributed by atoms with Gasteiger partial charge < -0.3 is 5.48 Å². The topological polar surface area (TPSA) is 31.5 Å². The van der Waals surface area contributed by atoms with Crippen LogP contribution in [0, 0.1) is 0 Å². The van der Waals surface area contributed by atoms with Crippen LogP contribution in [-0.2, 0) is 36.4 Å². The predicted molar refractivity (Wildman–Crippen MR) is 15.3 cm³/mol. The fraction of sp³-hybridized carbons (Fsp3) is 0. The van der Waals surface area contributed by atoms with E-state index in [2.05, 4.69) is 55.4 Å². The number of halogens is 2. The Morgan fingerprint density at radius 1 is 0.800 bits per heavy atom. The van der Waals surface area contributed by atoms with Crippen molar-refractivity contribution in [3.8, 4) is 0 Å². The van der Waals surface area contributed by atoms with Crippen molar-refractivity contribution in [2.75, 3.05) is 0 Å². The molecule has 0 atom stereocenters. The molecule has 0 aromatic rings. The molecule has 0 unspecified atom stereocenters. The molecule has 0 heterocycles. The van der Waals surface area contributed by atoms with Gasteiger partial charge in [-0.25, -0.2) is 0 Å². The summed E-state index contributed by atoms with van der Waals surface area (Å²) in [6.45, 7) is 0. The zero-order valence-electron chi connectivity index (χ0n) is 1.89. The van der Waals surface area contributed by atoms with Gasteiger partial charge in [-0.1, -0.05) is 0 Å². The number of hydrogen-bond donors (Lipinski definition) is 0. The summed E-state index contributed by atoms with van der Waals surface area (Å²) in [4.78, 5) is 0. The van der Waals surface area contributed by atoms with Gasteiger partial charge in [-0.15, -0.1) is 0 Å². The van der Waals surface area contributed by atoms with Gasteiger partial charge >= 0.3 is 55.4 Å². The van der Waals surface area contributed by atoms with Crippen molar-refractivity contribution in [1.29, 1.82) is 0 Å². The molecule has 0 aromatic carbocycles. The van der Waals surface area contributed by atoms with Crippen LogP contribution >= 0.6 is 19.1 Å². The summed E-state index contributed by atoms with van der Waals surface area (Å²) in [6.07, 6.45) is 0. The molecule has 5 heavy (non-hydrogen) atoms. The summed E-state index contributed by atoms with van der Waals surface area (Å²) in [5, 5.41) is 0. The first-order valence-corrected chi connectivity index (χ1v) is 4.24. The van der Waals surface area contributed by atoms with Gasteiger partial charge in [0.05, 0.1) is 0 Å². The molecular weight excluding hydrogens is 300 g/mol. The van der Waals surface area contributed by atoms with Gasteiger partial charge in [-0.3, -0.25) is 0 Å². The van der Waals surface area contributed by atoms with Crippen molar-refractivity contribution in [2.45, 2.75) is 0 Å². The molecule has 0 aromatic heterocycles. The minimum absolute atomic E-state index is 0. The van der Waals surface area contributed by atoms with Crippen molar-refractivity contribution in [3.63, 3.8) is 0 Å². The summed E-state index contributed by atoms with van der Waals surface area (Å²) in [5.74, 6) is 0. The SMILES string of the molecule is O.[Cl][Pd].[Cl][Pd]. The monoisotopic (exact) mass is 300 g/mol. The summed E-state index contributed by atoms with van der Waals surface area (Å²) >= 11 is 4.44. The molecule has 0 saturated heterocycles. The van der Waals surface area contributed by atoms with E-state index in [1.54, 1.807) is 0 Å². The second-order valence-corrected chi connectivity index (χ2v) is 0. The Morgan fingerprint density at radius 2 is 0.800 bits per heavy atom. The Kier molecular flexibility index (Phi) is 126. The molecule has 0 fully saturated rings. The Balaban J connectivity index is -0.0000000133. The Labute approximate surface area is 60.5 Å². The minimum atomic E-state index is 0. The van der Waals surface area contributed by atoms with Crippen molar-refractivity contribution >= 4 is 19.1 Å². The molecule has 0 aliphatic carbocycles. The first kappa shape index (κ1) is 15.8. The van der Waals surface area contributed by atoms with E-state index in [9.17, 15) is 0 Å². The quantitative estimate of drug-likeness (QED) is 0.585. The molecule has 0 amide bonds. The molecule has 0 aliphatic heterocycles. The van der Waals surface area contributed by atoms with Crippen molar-refractivity contribution in [2.24, 2.45) is 0 Å². The van der Waals surface area contributed by atoms with Crippen LogP contribution in [0.15, 0.2) is 0 Å². The van der Waals surface area contributed by atoms with Gasteiger partial charge in [0, 0.05) is 0 Å². The van der Waals surface area contributed by atoms with Crippen LogP contribution in [0.5, 0.6) is 0 Å². The summed E-state index contributed by atoms with van der Waals surface area (Å²) in [5.41, 5.74) is 0. The molecule has 0 spiro atoms. The Morgan fingerprint density at radius 3 is 0.800 bits per heavy atom. The fourth-order valence-electron chi connectivity index (χ4n) is 0. The van der Waals surface area contributed by atoms with Crippen LogP contribution in [0.4, 0.5) is 0 Å². The fourth-order valence-corrected chi connectivity index (χ4v) is 0. The molecule has 5 heteroatoms. The third kappa shape index (κ3) is 25.2. The number of rotatable bonds is 0. The van der Waals surface area contributed by atoms with Crippen molar-refractivity contribution < 1.29 is 41.8 Å². The maximum absolute atomic E-state index is 4.49. The summed E-state index contributed by atoms with van der Waals surface area (Å²) in [7, 11) is 8.98. The van der Waals surface area contributed by atoms with Gasteiger partial charge in [0.1, 0.15) is 0 Å². The average Bonchev–Trinajstić information content (AvgIpc) is 1.50. The standard InChI is InChI=1S/2ClH.H2O.2Pd/h2*1H;1H2;;/q;;;2*+1/p-2. The van der Waals surface area contributed by atoms with Gasteiger partial charge in [0.15, 0.2) is 0 Å². The van der Waals surface area contributed by atoms with Gasteiger partial charge in [-0.2, -0.15) is 0 Å². The first-order valence-electron chi connectivity index (χ1n) is 0.239. The molecule has 2 N–H and O–H groups in total. The molecule has 0 aliphatic rings. The number of hydrogen-bond acceptors (Lipinski definition) is 0. The predicted octanol–water partition coefficient (Wildman–Crippen LogP) is 0.549. The van der Waals surface area contributed by atoms with Crippen LogP contribution in [0.2, 0.25) is 0 Å². The average molecular weight is 302 g/mol. The third-order valence-corrected chi connectivity index (χ3v) is 0. The summed E-state index contributed by atoms with van der Waals surface area (Å²) in [6, 6.07) is 0. The van der Waals surface area contributed by atoms with Gasteiger partial charge in [0.2, 0.25) is 0 Å². The van der Waals surface area contributed by atoms with Crippen molar-refractivity contribution in [1.82, 2.24) is 0 Å². The normalized spacial score (nSPS) is 2.80. The van der Waals surface area contributed by atoms with E-state index in [0.717, 1.165) is 0 Å². The van der Waals surface area contributed by atoms with Crippen LogP contribution < -0.4 is 0 Å². The third-order valence-electron chi connectivity index (χ3n) is 0. The van der Waals surface area contributed by atoms with Gasteiger partial charge in [-0.05, 0) is 0 Å². The van der Waals surface area contributed by atoms with Crippen LogP contribution in [-0.4, -0.2) is 5.48 Å². The van der Waals surface area contributed by atoms with E-state index in [1.807, 2.05) is 0 Å². The zero-order chi connectivity index (χ0) is 4.00. The maximum atomic E-state index is 4.49. The molecule has 42 valence electrons. The second-order valence-electron chi connectivity index (χ2n) is 0. The van der Waals surface area contributed by atoms with E-state index >= 15 is 0 Å². The van der Waals surface area contributed by atoms with E-state index in [0.29, 0.717) is 0 Å². The first-order chi connectivity index (χ1) is 2.00.